The van der Waals surface area contributed by atoms with Gasteiger partial charge >= 0.3 is 0 Å². The summed E-state index contributed by atoms with van der Waals surface area (Å²) in [4.78, 5) is 25.5. The minimum Gasteiger partial charge on any atom is -0.368 e. The fourth-order valence-corrected chi connectivity index (χ4v) is 6.35. The number of piperazine rings is 1. The molecule has 2 aliphatic heterocycles. The summed E-state index contributed by atoms with van der Waals surface area (Å²) in [6.45, 7) is 10.1. The first-order chi connectivity index (χ1) is 19.5. The molecule has 0 unspecified atom stereocenters. The molecule has 0 saturated carbocycles. The van der Waals surface area contributed by atoms with Gasteiger partial charge in [0.25, 0.3) is 0 Å². The van der Waals surface area contributed by atoms with E-state index < -0.39 is 0 Å². The molecular weight excluding hydrogens is 501 g/mol. The molecule has 2 saturated heterocycles. The maximum atomic E-state index is 13.7. The highest BCUT2D eigenvalue weighted by Gasteiger charge is 2.32. The fourth-order valence-electron chi connectivity index (χ4n) is 6.35. The highest BCUT2D eigenvalue weighted by Crippen LogP contribution is 2.29. The van der Waals surface area contributed by atoms with Gasteiger partial charge in [-0.15, -0.1) is 0 Å². The highest BCUT2D eigenvalue weighted by molar-refractivity contribution is 5.80. The molecule has 0 aliphatic carbocycles. The zero-order chi connectivity index (χ0) is 27.6. The highest BCUT2D eigenvalue weighted by atomic mass is 19.1. The Balaban J connectivity index is 1.13. The maximum Gasteiger partial charge on any atom is 0.227 e. The number of imidazole rings is 1. The number of halogens is 1. The Labute approximate surface area is 236 Å². The Bertz CT molecular complexity index is 1470. The van der Waals surface area contributed by atoms with Gasteiger partial charge < -0.3 is 9.80 Å². The summed E-state index contributed by atoms with van der Waals surface area (Å²) >= 11 is 0. The zero-order valence-electron chi connectivity index (χ0n) is 23.5. The lowest BCUT2D eigenvalue weighted by Crippen LogP contribution is -2.52. The van der Waals surface area contributed by atoms with Crippen LogP contribution in [-0.2, 0) is 11.3 Å². The second kappa shape index (κ2) is 11.4. The quantitative estimate of drug-likeness (QED) is 0.308. The number of nitrogens with zero attached hydrogens (tertiary/aromatic N) is 5. The van der Waals surface area contributed by atoms with Crippen LogP contribution in [0.4, 0.5) is 10.1 Å². The number of anilines is 1. The number of likely N-dealkylation sites (tertiary alicyclic amines) is 1. The second-order valence-electron chi connectivity index (χ2n) is 11.4. The molecule has 2 aliphatic rings. The summed E-state index contributed by atoms with van der Waals surface area (Å²) in [5, 5.41) is 0. The van der Waals surface area contributed by atoms with Gasteiger partial charge in [-0.3, -0.25) is 14.3 Å². The fraction of sp³-hybridized carbons (Fsp3) is 0.394. The van der Waals surface area contributed by atoms with Crippen molar-refractivity contribution in [1.82, 2.24) is 19.4 Å². The molecule has 2 fully saturated rings. The van der Waals surface area contributed by atoms with Crippen molar-refractivity contribution in [2.24, 2.45) is 5.92 Å². The lowest BCUT2D eigenvalue weighted by Gasteiger charge is -2.40. The van der Waals surface area contributed by atoms with E-state index in [1.165, 1.54) is 23.4 Å². The van der Waals surface area contributed by atoms with E-state index in [0.717, 1.165) is 74.7 Å². The van der Waals surface area contributed by atoms with Gasteiger partial charge in [0, 0.05) is 44.1 Å². The zero-order valence-corrected chi connectivity index (χ0v) is 23.5. The van der Waals surface area contributed by atoms with Gasteiger partial charge in [0.1, 0.15) is 11.6 Å². The monoisotopic (exact) mass is 539 g/mol. The third-order valence-corrected chi connectivity index (χ3v) is 8.43. The lowest BCUT2D eigenvalue weighted by molar-refractivity contribution is -0.137. The number of piperidine rings is 1. The predicted molar refractivity (Wildman–Crippen MR) is 158 cm³/mol. The number of hydrogen-bond donors (Lipinski definition) is 0. The van der Waals surface area contributed by atoms with Crippen LogP contribution in [0.2, 0.25) is 0 Å². The second-order valence-corrected chi connectivity index (χ2v) is 11.4. The first-order valence-corrected chi connectivity index (χ1v) is 14.6. The number of amides is 1. The van der Waals surface area contributed by atoms with Crippen molar-refractivity contribution >= 4 is 22.6 Å². The molecule has 6 nitrogen and oxygen atoms in total. The SMILES string of the molecule is CC(C)c1ccccc1N1CCN(C(=O)[C@@H]2CCCN(Cc3nc4ccccc4n3-c3ccc(F)cc3)C2)CC1. The number of para-hydroxylation sites is 3. The number of carbonyl (C=O) groups is 1. The van der Waals surface area contributed by atoms with Crippen LogP contribution in [0, 0.1) is 11.7 Å². The molecule has 3 aromatic carbocycles. The van der Waals surface area contributed by atoms with E-state index >= 15 is 0 Å². The average Bonchev–Trinajstić information content (AvgIpc) is 3.35. The number of benzene rings is 3. The van der Waals surface area contributed by atoms with Crippen LogP contribution < -0.4 is 4.90 Å². The number of fused-ring (bicyclic) bond motifs is 1. The van der Waals surface area contributed by atoms with E-state index in [2.05, 4.69) is 63.4 Å². The van der Waals surface area contributed by atoms with Gasteiger partial charge in [-0.2, -0.15) is 0 Å². The molecule has 4 aromatic rings. The minimum absolute atomic E-state index is 0.00639. The molecule has 3 heterocycles. The van der Waals surface area contributed by atoms with Crippen LogP contribution in [-0.4, -0.2) is 64.5 Å². The lowest BCUT2D eigenvalue weighted by atomic mass is 9.96. The predicted octanol–water partition coefficient (Wildman–Crippen LogP) is 5.85. The van der Waals surface area contributed by atoms with Crippen LogP contribution in [0.5, 0.6) is 0 Å². The molecule has 0 radical (unpaired) electrons. The Morgan fingerprint density at radius 2 is 1.65 bits per heavy atom. The largest absolute Gasteiger partial charge is 0.368 e. The van der Waals surface area contributed by atoms with Crippen molar-refractivity contribution in [3.8, 4) is 5.69 Å². The number of aromatic nitrogens is 2. The van der Waals surface area contributed by atoms with Gasteiger partial charge in [-0.05, 0) is 73.3 Å². The first kappa shape index (κ1) is 26.5. The summed E-state index contributed by atoms with van der Waals surface area (Å²) in [6.07, 6.45) is 1.93. The number of carbonyl (C=O) groups excluding carboxylic acids is 1. The molecule has 6 rings (SSSR count). The van der Waals surface area contributed by atoms with Crippen molar-refractivity contribution in [2.45, 2.75) is 39.2 Å². The molecule has 0 N–H and O–H groups in total. The van der Waals surface area contributed by atoms with Crippen molar-refractivity contribution in [2.75, 3.05) is 44.2 Å². The summed E-state index contributed by atoms with van der Waals surface area (Å²) in [5.74, 6) is 1.43. The summed E-state index contributed by atoms with van der Waals surface area (Å²) in [7, 11) is 0. The van der Waals surface area contributed by atoms with Crippen molar-refractivity contribution < 1.29 is 9.18 Å². The Morgan fingerprint density at radius 1 is 0.925 bits per heavy atom. The van der Waals surface area contributed by atoms with Gasteiger partial charge in [0.15, 0.2) is 0 Å². The van der Waals surface area contributed by atoms with Crippen LogP contribution in [0.3, 0.4) is 0 Å². The summed E-state index contributed by atoms with van der Waals surface area (Å²) in [6, 6.07) is 23.3. The van der Waals surface area contributed by atoms with Gasteiger partial charge in [-0.1, -0.05) is 44.2 Å². The van der Waals surface area contributed by atoms with E-state index in [1.807, 2.05) is 18.2 Å². The average molecular weight is 540 g/mol. The Morgan fingerprint density at radius 3 is 2.42 bits per heavy atom. The van der Waals surface area contributed by atoms with E-state index in [0.29, 0.717) is 12.5 Å². The Hall–Kier alpha value is -3.71. The van der Waals surface area contributed by atoms with Crippen molar-refractivity contribution in [1.29, 1.82) is 0 Å². The molecule has 208 valence electrons. The maximum absolute atomic E-state index is 13.7. The third-order valence-electron chi connectivity index (χ3n) is 8.43. The molecular formula is C33H38FN5O. The van der Waals surface area contributed by atoms with Crippen molar-refractivity contribution in [3.63, 3.8) is 0 Å². The molecule has 1 atom stereocenters. The standard InChI is InChI=1S/C33H38FN5O/c1-24(2)28-9-3-5-11-30(28)37-18-20-38(21-19-37)33(40)25-8-7-17-36(22-25)23-32-35-29-10-4-6-12-31(29)39(32)27-15-13-26(34)14-16-27/h3-6,9-16,24-25H,7-8,17-23H2,1-2H3/t25-/m1/s1. The van der Waals surface area contributed by atoms with Crippen LogP contribution in [0.15, 0.2) is 72.8 Å². The van der Waals surface area contributed by atoms with E-state index in [-0.39, 0.29) is 17.6 Å². The minimum atomic E-state index is -0.253. The molecule has 0 spiro atoms. The summed E-state index contributed by atoms with van der Waals surface area (Å²) in [5.41, 5.74) is 5.50. The summed E-state index contributed by atoms with van der Waals surface area (Å²) < 4.78 is 15.8. The third kappa shape index (κ3) is 5.35. The van der Waals surface area contributed by atoms with Gasteiger partial charge in [0.2, 0.25) is 5.91 Å². The Kier molecular flexibility index (Phi) is 7.57. The molecule has 1 aromatic heterocycles. The van der Waals surface area contributed by atoms with Crippen molar-refractivity contribution in [3.05, 3.63) is 90.0 Å². The van der Waals surface area contributed by atoms with Gasteiger partial charge in [-0.25, -0.2) is 9.37 Å². The molecule has 0 bridgehead atoms. The first-order valence-electron chi connectivity index (χ1n) is 14.6. The number of rotatable bonds is 6. The topological polar surface area (TPSA) is 44.6 Å². The smallest absolute Gasteiger partial charge is 0.227 e. The van der Waals surface area contributed by atoms with Crippen LogP contribution >= 0.6 is 0 Å². The van der Waals surface area contributed by atoms with E-state index in [1.54, 1.807) is 12.1 Å². The van der Waals surface area contributed by atoms with E-state index in [9.17, 15) is 9.18 Å². The molecule has 1 amide bonds. The normalized spacial score (nSPS) is 18.6. The molecule has 7 heteroatoms. The number of hydrogen-bond acceptors (Lipinski definition) is 4. The molecule has 40 heavy (non-hydrogen) atoms. The van der Waals surface area contributed by atoms with Gasteiger partial charge in [0.05, 0.1) is 23.5 Å². The van der Waals surface area contributed by atoms with Crippen LogP contribution in [0.25, 0.3) is 16.7 Å². The van der Waals surface area contributed by atoms with Crippen LogP contribution in [0.1, 0.15) is 44.0 Å². The van der Waals surface area contributed by atoms with E-state index in [4.69, 9.17) is 4.98 Å².